The first kappa shape index (κ1) is 28.9. The molecule has 0 bridgehead atoms. The van der Waals surface area contributed by atoms with Gasteiger partial charge < -0.3 is 25.8 Å². The fourth-order valence-corrected chi connectivity index (χ4v) is 4.17. The van der Waals surface area contributed by atoms with Crippen LogP contribution in [-0.4, -0.2) is 69.4 Å². The molecule has 11 heteroatoms. The molecule has 10 nitrogen and oxygen atoms in total. The molecule has 0 aliphatic rings. The van der Waals surface area contributed by atoms with Gasteiger partial charge in [-0.25, -0.2) is 19.6 Å². The first-order valence-corrected chi connectivity index (χ1v) is 12.6. The fraction of sp³-hybridized carbons (Fsp3) is 0.480. The molecule has 2 aromatic rings. The monoisotopic (exact) mass is 517 g/mol. The number of nitrogen functional groups attached to an aromatic ring is 1. The number of carboxylic acid groups (broad SMARTS) is 1. The topological polar surface area (TPSA) is 148 Å². The van der Waals surface area contributed by atoms with Gasteiger partial charge in [-0.3, -0.25) is 4.79 Å². The summed E-state index contributed by atoms with van der Waals surface area (Å²) in [6, 6.07) is 5.14. The molecule has 4 N–H and O–H groups in total. The number of hydrogen-bond acceptors (Lipinski definition) is 8. The van der Waals surface area contributed by atoms with Gasteiger partial charge in [0.1, 0.15) is 10.6 Å². The highest BCUT2D eigenvalue weighted by Gasteiger charge is 2.19. The van der Waals surface area contributed by atoms with E-state index in [4.69, 9.17) is 10.5 Å². The van der Waals surface area contributed by atoms with Crippen LogP contribution in [0.4, 0.5) is 10.7 Å². The Hall–Kier alpha value is -3.34. The molecule has 0 spiro atoms. The third-order valence-electron chi connectivity index (χ3n) is 5.07. The lowest BCUT2D eigenvalue weighted by Gasteiger charge is -2.24. The van der Waals surface area contributed by atoms with E-state index in [1.165, 1.54) is 16.7 Å². The van der Waals surface area contributed by atoms with Gasteiger partial charge >= 0.3 is 12.1 Å². The summed E-state index contributed by atoms with van der Waals surface area (Å²) >= 11 is 1.37. The van der Waals surface area contributed by atoms with Crippen molar-refractivity contribution in [3.05, 3.63) is 34.9 Å². The van der Waals surface area contributed by atoms with Gasteiger partial charge in [-0.15, -0.1) is 11.8 Å². The van der Waals surface area contributed by atoms with Crippen LogP contribution in [0.2, 0.25) is 0 Å². The van der Waals surface area contributed by atoms with Gasteiger partial charge in [-0.2, -0.15) is 0 Å². The zero-order valence-corrected chi connectivity index (χ0v) is 22.5. The van der Waals surface area contributed by atoms with Crippen LogP contribution in [0, 0.1) is 13.8 Å². The predicted octanol–water partition coefficient (Wildman–Crippen LogP) is 3.90. The molecule has 2 amide bonds. The highest BCUT2D eigenvalue weighted by Crippen LogP contribution is 2.29. The predicted molar refractivity (Wildman–Crippen MR) is 140 cm³/mol. The zero-order valence-electron chi connectivity index (χ0n) is 21.7. The molecule has 0 atom stereocenters. The summed E-state index contributed by atoms with van der Waals surface area (Å²) < 4.78 is 5.30. The second-order valence-corrected chi connectivity index (χ2v) is 10.6. The maximum absolute atomic E-state index is 12.2. The van der Waals surface area contributed by atoms with Crippen molar-refractivity contribution in [3.8, 4) is 11.3 Å². The third kappa shape index (κ3) is 9.03. The molecule has 0 radical (unpaired) electrons. The summed E-state index contributed by atoms with van der Waals surface area (Å²) in [5.74, 6) is -0.560. The van der Waals surface area contributed by atoms with Crippen LogP contribution in [0.3, 0.4) is 0 Å². The van der Waals surface area contributed by atoms with E-state index in [0.717, 1.165) is 5.56 Å². The van der Waals surface area contributed by atoms with E-state index in [0.29, 0.717) is 47.1 Å². The van der Waals surface area contributed by atoms with Gasteiger partial charge in [0.15, 0.2) is 0 Å². The molecular weight excluding hydrogens is 482 g/mol. The number of thioether (sulfide) groups is 1. The quantitative estimate of drug-likeness (QED) is 0.242. The standard InChI is InChI=1S/C25H35N5O5S/c1-15-12-16(2)18(22(32)33)13-17(15)19-14-21(29-23(26)28-19)36-11-8-20(31)27-9-7-10-30(6)24(34)35-25(3,4)5/h12-14H,7-11H2,1-6H3,(H,27,31)(H,32,33)(H2,26,28,29). The smallest absolute Gasteiger partial charge is 0.410 e. The van der Waals surface area contributed by atoms with Gasteiger partial charge in [0.25, 0.3) is 0 Å². The molecular formula is C25H35N5O5S. The molecule has 196 valence electrons. The largest absolute Gasteiger partial charge is 0.478 e. The van der Waals surface area contributed by atoms with Crippen LogP contribution in [-0.2, 0) is 9.53 Å². The van der Waals surface area contributed by atoms with Gasteiger partial charge in [-0.1, -0.05) is 6.07 Å². The van der Waals surface area contributed by atoms with Crippen LogP contribution in [0.5, 0.6) is 0 Å². The summed E-state index contributed by atoms with van der Waals surface area (Å²) in [7, 11) is 1.66. The summed E-state index contributed by atoms with van der Waals surface area (Å²) in [5, 5.41) is 12.9. The van der Waals surface area contributed by atoms with Crippen molar-refractivity contribution in [2.75, 3.05) is 31.6 Å². The van der Waals surface area contributed by atoms with E-state index in [9.17, 15) is 19.5 Å². The highest BCUT2D eigenvalue weighted by atomic mass is 32.2. The average molecular weight is 518 g/mol. The van der Waals surface area contributed by atoms with E-state index < -0.39 is 17.7 Å². The van der Waals surface area contributed by atoms with Crippen LogP contribution >= 0.6 is 11.8 Å². The Morgan fingerprint density at radius 1 is 1.14 bits per heavy atom. The summed E-state index contributed by atoms with van der Waals surface area (Å²) in [6.45, 7) is 9.98. The summed E-state index contributed by atoms with van der Waals surface area (Å²) in [5.41, 5.74) is 8.30. The molecule has 1 aromatic heterocycles. The number of aromatic nitrogens is 2. The first-order chi connectivity index (χ1) is 16.8. The van der Waals surface area contributed by atoms with Gasteiger partial charge in [0.05, 0.1) is 11.3 Å². The number of carboxylic acids is 1. The molecule has 0 saturated heterocycles. The van der Waals surface area contributed by atoms with Crippen LogP contribution in [0.15, 0.2) is 23.2 Å². The molecule has 0 fully saturated rings. The van der Waals surface area contributed by atoms with E-state index in [1.807, 2.05) is 27.7 Å². The minimum atomic E-state index is -1.01. The normalized spacial score (nSPS) is 11.2. The Balaban J connectivity index is 1.86. The lowest BCUT2D eigenvalue weighted by atomic mass is 9.98. The lowest BCUT2D eigenvalue weighted by Crippen LogP contribution is -2.36. The average Bonchev–Trinajstić information content (AvgIpc) is 2.74. The Morgan fingerprint density at radius 2 is 1.83 bits per heavy atom. The Morgan fingerprint density at radius 3 is 2.47 bits per heavy atom. The number of hydrogen-bond donors (Lipinski definition) is 3. The number of benzene rings is 1. The number of nitrogens with zero attached hydrogens (tertiary/aromatic N) is 3. The Labute approximate surface area is 216 Å². The maximum Gasteiger partial charge on any atom is 0.410 e. The number of aryl methyl sites for hydroxylation is 2. The van der Waals surface area contributed by atoms with Gasteiger partial charge in [-0.05, 0) is 64.3 Å². The molecule has 0 aliphatic heterocycles. The number of aromatic carboxylic acids is 1. The second kappa shape index (κ2) is 12.6. The van der Waals surface area contributed by atoms with Crippen molar-refractivity contribution >= 4 is 35.7 Å². The molecule has 0 unspecified atom stereocenters. The first-order valence-electron chi connectivity index (χ1n) is 11.6. The lowest BCUT2D eigenvalue weighted by molar-refractivity contribution is -0.120. The minimum Gasteiger partial charge on any atom is -0.478 e. The van der Waals surface area contributed by atoms with Crippen molar-refractivity contribution in [1.82, 2.24) is 20.2 Å². The van der Waals surface area contributed by atoms with E-state index in [-0.39, 0.29) is 23.8 Å². The van der Waals surface area contributed by atoms with Crippen LogP contribution in [0.25, 0.3) is 11.3 Å². The van der Waals surface area contributed by atoms with Crippen LogP contribution in [0.1, 0.15) is 55.1 Å². The highest BCUT2D eigenvalue weighted by molar-refractivity contribution is 7.99. The molecule has 1 aromatic carbocycles. The SMILES string of the molecule is Cc1cc(C)c(-c2cc(SCCC(=O)NCCCN(C)C(=O)OC(C)(C)C)nc(N)n2)cc1C(=O)O. The number of nitrogens with one attached hydrogen (secondary N) is 1. The van der Waals surface area contributed by atoms with E-state index >= 15 is 0 Å². The number of nitrogens with two attached hydrogens (primary N) is 1. The van der Waals surface area contributed by atoms with Crippen molar-refractivity contribution in [1.29, 1.82) is 0 Å². The molecule has 2 rings (SSSR count). The molecule has 0 aliphatic carbocycles. The number of carbonyl (C=O) groups excluding carboxylic acids is 2. The number of anilines is 1. The zero-order chi connectivity index (χ0) is 27.0. The number of ether oxygens (including phenoxy) is 1. The second-order valence-electron chi connectivity index (χ2n) is 9.44. The van der Waals surface area contributed by atoms with Gasteiger partial charge in [0, 0.05) is 37.9 Å². The third-order valence-corrected chi connectivity index (χ3v) is 5.99. The number of carbonyl (C=O) groups is 3. The van der Waals surface area contributed by atoms with Crippen molar-refractivity contribution in [3.63, 3.8) is 0 Å². The fourth-order valence-electron chi connectivity index (χ4n) is 3.33. The van der Waals surface area contributed by atoms with Crippen molar-refractivity contribution in [2.45, 2.75) is 58.1 Å². The van der Waals surface area contributed by atoms with E-state index in [1.54, 1.807) is 32.2 Å². The van der Waals surface area contributed by atoms with Crippen LogP contribution < -0.4 is 11.1 Å². The van der Waals surface area contributed by atoms with Crippen molar-refractivity contribution < 1.29 is 24.2 Å². The van der Waals surface area contributed by atoms with Gasteiger partial charge in [0.2, 0.25) is 11.9 Å². The maximum atomic E-state index is 12.2. The number of amides is 2. The molecule has 0 saturated carbocycles. The van der Waals surface area contributed by atoms with Crippen molar-refractivity contribution in [2.24, 2.45) is 0 Å². The van der Waals surface area contributed by atoms with E-state index in [2.05, 4.69) is 15.3 Å². The minimum absolute atomic E-state index is 0.0745. The summed E-state index contributed by atoms with van der Waals surface area (Å²) in [4.78, 5) is 45.7. The molecule has 1 heterocycles. The molecule has 36 heavy (non-hydrogen) atoms. The Bertz CT molecular complexity index is 1120. The Kier molecular flexibility index (Phi) is 10.1. The summed E-state index contributed by atoms with van der Waals surface area (Å²) in [6.07, 6.45) is 0.487. The number of rotatable bonds is 10.